The number of likely N-dealkylation sites (tertiary alicyclic amines) is 1. The summed E-state index contributed by atoms with van der Waals surface area (Å²) >= 11 is 0. The van der Waals surface area contributed by atoms with Gasteiger partial charge in [0.1, 0.15) is 5.75 Å². The third kappa shape index (κ3) is 5.25. The van der Waals surface area contributed by atoms with E-state index >= 15 is 0 Å². The predicted octanol–water partition coefficient (Wildman–Crippen LogP) is 1.01. The average Bonchev–Trinajstić information content (AvgIpc) is 2.56. The van der Waals surface area contributed by atoms with Crippen LogP contribution in [-0.4, -0.2) is 50.0 Å². The molecule has 0 atom stereocenters. The number of hydrogen-bond donors (Lipinski definition) is 2. The van der Waals surface area contributed by atoms with Gasteiger partial charge in [0, 0.05) is 18.7 Å². The molecule has 126 valence electrons. The highest BCUT2D eigenvalue weighted by atomic mass is 16.5. The Labute approximate surface area is 137 Å². The van der Waals surface area contributed by atoms with E-state index in [0.29, 0.717) is 30.3 Å². The molecule has 23 heavy (non-hydrogen) atoms. The van der Waals surface area contributed by atoms with Crippen LogP contribution < -0.4 is 15.8 Å². The zero-order valence-corrected chi connectivity index (χ0v) is 13.6. The van der Waals surface area contributed by atoms with Crippen molar-refractivity contribution < 1.29 is 14.3 Å². The number of carbonyl (C=O) groups excluding carboxylic acids is 2. The summed E-state index contributed by atoms with van der Waals surface area (Å²) in [5.41, 5.74) is 5.63. The highest BCUT2D eigenvalue weighted by Gasteiger charge is 2.22. The van der Waals surface area contributed by atoms with Crippen LogP contribution >= 0.6 is 0 Å². The molecule has 0 aliphatic carbocycles. The topological polar surface area (TPSA) is 84.7 Å². The molecule has 0 bridgehead atoms. The van der Waals surface area contributed by atoms with Gasteiger partial charge in [-0.3, -0.25) is 9.59 Å². The molecular weight excluding hydrogens is 294 g/mol. The minimum absolute atomic E-state index is 0.124. The second-order valence-electron chi connectivity index (χ2n) is 5.87. The monoisotopic (exact) mass is 319 g/mol. The van der Waals surface area contributed by atoms with Crippen molar-refractivity contribution in [2.75, 3.05) is 33.3 Å². The van der Waals surface area contributed by atoms with Gasteiger partial charge in [-0.25, -0.2) is 0 Å². The Morgan fingerprint density at radius 2 is 2.09 bits per heavy atom. The van der Waals surface area contributed by atoms with Gasteiger partial charge in [-0.1, -0.05) is 6.07 Å². The van der Waals surface area contributed by atoms with Crippen molar-refractivity contribution in [2.24, 2.45) is 11.7 Å². The molecule has 1 fully saturated rings. The maximum absolute atomic E-state index is 12.2. The first-order chi connectivity index (χ1) is 11.1. The van der Waals surface area contributed by atoms with E-state index in [1.54, 1.807) is 24.3 Å². The Balaban J connectivity index is 1.73. The predicted molar refractivity (Wildman–Crippen MR) is 88.3 cm³/mol. The van der Waals surface area contributed by atoms with E-state index in [1.165, 1.54) is 0 Å². The fraction of sp³-hybridized carbons (Fsp3) is 0.529. The van der Waals surface area contributed by atoms with Crippen molar-refractivity contribution in [2.45, 2.75) is 19.3 Å². The van der Waals surface area contributed by atoms with E-state index in [4.69, 9.17) is 10.5 Å². The van der Waals surface area contributed by atoms with Crippen LogP contribution in [0.2, 0.25) is 0 Å². The van der Waals surface area contributed by atoms with E-state index in [0.717, 1.165) is 32.5 Å². The first-order valence-electron chi connectivity index (χ1n) is 8.05. The maximum atomic E-state index is 12.2. The summed E-state index contributed by atoms with van der Waals surface area (Å²) in [6, 6.07) is 6.69. The van der Waals surface area contributed by atoms with Gasteiger partial charge in [0.25, 0.3) is 0 Å². The number of nitrogens with one attached hydrogen (secondary N) is 1. The molecule has 1 aliphatic heterocycles. The summed E-state index contributed by atoms with van der Waals surface area (Å²) in [6.07, 6.45) is 2.44. The summed E-state index contributed by atoms with van der Waals surface area (Å²) in [5, 5.41) is 3.19. The Hall–Kier alpha value is -2.08. The molecule has 3 N–H and O–H groups in total. The van der Waals surface area contributed by atoms with Crippen molar-refractivity contribution in [3.8, 4) is 5.75 Å². The highest BCUT2D eigenvalue weighted by Crippen LogP contribution is 2.17. The number of carbonyl (C=O) groups is 2. The van der Waals surface area contributed by atoms with Gasteiger partial charge in [-0.2, -0.15) is 0 Å². The summed E-state index contributed by atoms with van der Waals surface area (Å²) < 4.78 is 5.55. The molecule has 1 heterocycles. The zero-order valence-electron chi connectivity index (χ0n) is 13.6. The number of hydrogen-bond acceptors (Lipinski definition) is 4. The van der Waals surface area contributed by atoms with Crippen LogP contribution in [-0.2, 0) is 4.79 Å². The third-order valence-electron chi connectivity index (χ3n) is 4.16. The maximum Gasteiger partial charge on any atom is 0.248 e. The third-order valence-corrected chi connectivity index (χ3v) is 4.16. The average molecular weight is 319 g/mol. The van der Waals surface area contributed by atoms with Gasteiger partial charge < -0.3 is 20.7 Å². The van der Waals surface area contributed by atoms with Crippen molar-refractivity contribution >= 4 is 11.8 Å². The molecule has 0 spiro atoms. The van der Waals surface area contributed by atoms with Crippen molar-refractivity contribution in [1.29, 1.82) is 0 Å². The van der Waals surface area contributed by atoms with Crippen LogP contribution in [0.15, 0.2) is 24.3 Å². The molecule has 2 amide bonds. The Morgan fingerprint density at radius 1 is 1.35 bits per heavy atom. The minimum atomic E-state index is -0.490. The van der Waals surface area contributed by atoms with E-state index in [9.17, 15) is 9.59 Å². The van der Waals surface area contributed by atoms with Crippen LogP contribution in [0.4, 0.5) is 0 Å². The SMILES string of the molecule is CNCC1CCN(C(=O)CCOc2cccc(C(N)=O)c2)CC1. The molecule has 1 aromatic carbocycles. The van der Waals surface area contributed by atoms with Crippen LogP contribution in [0.3, 0.4) is 0 Å². The van der Waals surface area contributed by atoms with Crippen molar-refractivity contribution in [3.63, 3.8) is 0 Å². The number of benzene rings is 1. The smallest absolute Gasteiger partial charge is 0.248 e. The van der Waals surface area contributed by atoms with Crippen molar-refractivity contribution in [3.05, 3.63) is 29.8 Å². The van der Waals surface area contributed by atoms with E-state index < -0.39 is 5.91 Å². The molecule has 1 saturated heterocycles. The molecule has 6 heteroatoms. The number of rotatable bonds is 7. The zero-order chi connectivity index (χ0) is 16.7. The molecule has 0 aromatic heterocycles. The van der Waals surface area contributed by atoms with Crippen LogP contribution in [0, 0.1) is 5.92 Å². The summed E-state index contributed by atoms with van der Waals surface area (Å²) in [6.45, 7) is 2.96. The lowest BCUT2D eigenvalue weighted by Gasteiger charge is -2.32. The Morgan fingerprint density at radius 3 is 2.74 bits per heavy atom. The molecule has 6 nitrogen and oxygen atoms in total. The van der Waals surface area contributed by atoms with Crippen LogP contribution in [0.5, 0.6) is 5.75 Å². The van der Waals surface area contributed by atoms with Crippen LogP contribution in [0.1, 0.15) is 29.6 Å². The van der Waals surface area contributed by atoms with E-state index in [-0.39, 0.29) is 5.91 Å². The second kappa shape index (κ2) is 8.53. The van der Waals surface area contributed by atoms with Gasteiger partial charge >= 0.3 is 0 Å². The molecule has 1 aliphatic rings. The molecular formula is C17H25N3O3. The second-order valence-corrected chi connectivity index (χ2v) is 5.87. The lowest BCUT2D eigenvalue weighted by atomic mass is 9.97. The van der Waals surface area contributed by atoms with E-state index in [2.05, 4.69) is 5.32 Å². The Bertz CT molecular complexity index is 540. The molecule has 0 radical (unpaired) electrons. The van der Waals surface area contributed by atoms with E-state index in [1.807, 2.05) is 11.9 Å². The lowest BCUT2D eigenvalue weighted by molar-refractivity contribution is -0.133. The lowest BCUT2D eigenvalue weighted by Crippen LogP contribution is -2.40. The van der Waals surface area contributed by atoms with Crippen molar-refractivity contribution in [1.82, 2.24) is 10.2 Å². The number of primary amides is 1. The number of amides is 2. The summed E-state index contributed by atoms with van der Waals surface area (Å²) in [5.74, 6) is 0.855. The van der Waals surface area contributed by atoms with Gasteiger partial charge in [0.2, 0.25) is 11.8 Å². The standard InChI is InChI=1S/C17H25N3O3/c1-19-12-13-5-8-20(9-6-13)16(21)7-10-23-15-4-2-3-14(11-15)17(18)22/h2-4,11,13,19H,5-10,12H2,1H3,(H2,18,22). The molecule has 0 unspecified atom stereocenters. The van der Waals surface area contributed by atoms with Gasteiger partial charge in [0.05, 0.1) is 13.0 Å². The fourth-order valence-corrected chi connectivity index (χ4v) is 2.83. The first-order valence-corrected chi connectivity index (χ1v) is 8.05. The number of nitrogens with zero attached hydrogens (tertiary/aromatic N) is 1. The number of piperidine rings is 1. The molecule has 2 rings (SSSR count). The summed E-state index contributed by atoms with van der Waals surface area (Å²) in [4.78, 5) is 25.2. The largest absolute Gasteiger partial charge is 0.493 e. The van der Waals surface area contributed by atoms with Gasteiger partial charge in [0.15, 0.2) is 0 Å². The normalized spacial score (nSPS) is 15.4. The molecule has 1 aromatic rings. The van der Waals surface area contributed by atoms with Gasteiger partial charge in [-0.05, 0) is 50.6 Å². The summed E-state index contributed by atoms with van der Waals surface area (Å²) in [7, 11) is 1.96. The number of ether oxygens (including phenoxy) is 1. The minimum Gasteiger partial charge on any atom is -0.493 e. The number of nitrogens with two attached hydrogens (primary N) is 1. The Kier molecular flexibility index (Phi) is 6.40. The fourth-order valence-electron chi connectivity index (χ4n) is 2.83. The first kappa shape index (κ1) is 17.3. The van der Waals surface area contributed by atoms with Crippen LogP contribution in [0.25, 0.3) is 0 Å². The highest BCUT2D eigenvalue weighted by molar-refractivity contribution is 5.93. The quantitative estimate of drug-likeness (QED) is 0.785. The van der Waals surface area contributed by atoms with Gasteiger partial charge in [-0.15, -0.1) is 0 Å². The molecule has 0 saturated carbocycles.